The average Bonchev–Trinajstić information content (AvgIpc) is 3.38. The van der Waals surface area contributed by atoms with E-state index < -0.39 is 26.7 Å². The Morgan fingerprint density at radius 2 is 1.86 bits per heavy atom. The van der Waals surface area contributed by atoms with Crippen LogP contribution in [0.4, 0.5) is 18.9 Å². The molecule has 1 heterocycles. The van der Waals surface area contributed by atoms with E-state index in [1.807, 2.05) is 0 Å². The Morgan fingerprint density at radius 1 is 1.14 bits per heavy atom. The first-order valence-corrected chi connectivity index (χ1v) is 10.4. The van der Waals surface area contributed by atoms with Gasteiger partial charge < -0.3 is 0 Å². The molecule has 1 saturated carbocycles. The molecule has 0 spiro atoms. The van der Waals surface area contributed by atoms with E-state index in [1.54, 1.807) is 18.2 Å². The molecule has 0 unspecified atom stereocenters. The molecule has 0 radical (unpaired) electrons. The SMILES string of the molecule is O=S(=O)(Nc1ccccc1-c1n[nH]c(C2CC2)n1)c1cc(C(F)(F)F)ccc1Cl. The first-order chi connectivity index (χ1) is 13.6. The van der Waals surface area contributed by atoms with E-state index in [0.29, 0.717) is 23.4 Å². The Kier molecular flexibility index (Phi) is 4.78. The molecule has 0 amide bonds. The number of halogens is 4. The van der Waals surface area contributed by atoms with Crippen molar-refractivity contribution in [3.8, 4) is 11.4 Å². The number of benzene rings is 2. The lowest BCUT2D eigenvalue weighted by Crippen LogP contribution is -2.16. The van der Waals surface area contributed by atoms with Crippen LogP contribution in [-0.2, 0) is 16.2 Å². The van der Waals surface area contributed by atoms with Crippen LogP contribution in [0.2, 0.25) is 5.02 Å². The maximum Gasteiger partial charge on any atom is 0.416 e. The fourth-order valence-electron chi connectivity index (χ4n) is 2.79. The van der Waals surface area contributed by atoms with Crippen LogP contribution in [0.25, 0.3) is 11.4 Å². The van der Waals surface area contributed by atoms with Crippen molar-refractivity contribution in [2.24, 2.45) is 0 Å². The Bertz CT molecular complexity index is 1170. The molecule has 11 heteroatoms. The maximum atomic E-state index is 13.0. The summed E-state index contributed by atoms with van der Waals surface area (Å²) in [5, 5.41) is 6.64. The smallest absolute Gasteiger partial charge is 0.279 e. The van der Waals surface area contributed by atoms with Gasteiger partial charge in [-0.05, 0) is 43.2 Å². The molecule has 1 aromatic heterocycles. The van der Waals surface area contributed by atoms with E-state index in [-0.39, 0.29) is 10.7 Å². The van der Waals surface area contributed by atoms with Gasteiger partial charge in [-0.3, -0.25) is 9.82 Å². The lowest BCUT2D eigenvalue weighted by Gasteiger charge is -2.14. The summed E-state index contributed by atoms with van der Waals surface area (Å²) in [4.78, 5) is 3.72. The number of para-hydroxylation sites is 1. The number of anilines is 1. The molecule has 2 N–H and O–H groups in total. The van der Waals surface area contributed by atoms with E-state index in [1.165, 1.54) is 6.07 Å². The largest absolute Gasteiger partial charge is 0.416 e. The summed E-state index contributed by atoms with van der Waals surface area (Å²) in [6.45, 7) is 0. The highest BCUT2D eigenvalue weighted by atomic mass is 35.5. The predicted octanol–water partition coefficient (Wildman–Crippen LogP) is 4.82. The van der Waals surface area contributed by atoms with Crippen molar-refractivity contribution >= 4 is 27.3 Å². The van der Waals surface area contributed by atoms with Gasteiger partial charge in [0.2, 0.25) is 0 Å². The maximum absolute atomic E-state index is 13.0. The molecule has 3 aromatic rings. The fourth-order valence-corrected chi connectivity index (χ4v) is 4.39. The summed E-state index contributed by atoms with van der Waals surface area (Å²) in [5.41, 5.74) is -0.594. The van der Waals surface area contributed by atoms with Gasteiger partial charge >= 0.3 is 6.18 Å². The molecule has 0 atom stereocenters. The van der Waals surface area contributed by atoms with Gasteiger partial charge in [-0.2, -0.15) is 18.3 Å². The van der Waals surface area contributed by atoms with Crippen molar-refractivity contribution < 1.29 is 21.6 Å². The minimum atomic E-state index is -4.70. The average molecular weight is 443 g/mol. The number of nitrogens with one attached hydrogen (secondary N) is 2. The molecule has 2 aromatic carbocycles. The lowest BCUT2D eigenvalue weighted by atomic mass is 10.2. The predicted molar refractivity (Wildman–Crippen MR) is 101 cm³/mol. The normalized spacial score (nSPS) is 14.8. The number of aromatic nitrogens is 3. The van der Waals surface area contributed by atoms with Crippen molar-refractivity contribution in [3.05, 3.63) is 58.9 Å². The Labute approximate surface area is 169 Å². The third kappa shape index (κ3) is 4.08. The van der Waals surface area contributed by atoms with E-state index in [9.17, 15) is 21.6 Å². The third-order valence-corrected chi connectivity index (χ3v) is 6.27. The summed E-state index contributed by atoms with van der Waals surface area (Å²) < 4.78 is 66.9. The number of alkyl halides is 3. The quantitative estimate of drug-likeness (QED) is 0.593. The number of rotatable bonds is 5. The van der Waals surface area contributed by atoms with Gasteiger partial charge in [-0.1, -0.05) is 23.7 Å². The van der Waals surface area contributed by atoms with Gasteiger partial charge in [0.15, 0.2) is 5.82 Å². The fraction of sp³-hybridized carbons (Fsp3) is 0.222. The van der Waals surface area contributed by atoms with Gasteiger partial charge in [-0.15, -0.1) is 0 Å². The van der Waals surface area contributed by atoms with Gasteiger partial charge in [0.05, 0.1) is 16.3 Å². The van der Waals surface area contributed by atoms with E-state index in [0.717, 1.165) is 30.8 Å². The second-order valence-corrected chi connectivity index (χ2v) is 8.67. The van der Waals surface area contributed by atoms with Crippen molar-refractivity contribution in [3.63, 3.8) is 0 Å². The molecule has 6 nitrogen and oxygen atoms in total. The van der Waals surface area contributed by atoms with Crippen LogP contribution in [-0.4, -0.2) is 23.6 Å². The van der Waals surface area contributed by atoms with Crippen LogP contribution < -0.4 is 4.72 Å². The lowest BCUT2D eigenvalue weighted by molar-refractivity contribution is -0.137. The first-order valence-electron chi connectivity index (χ1n) is 8.56. The Balaban J connectivity index is 1.71. The topological polar surface area (TPSA) is 87.7 Å². The van der Waals surface area contributed by atoms with Crippen LogP contribution >= 0.6 is 11.6 Å². The van der Waals surface area contributed by atoms with Crippen LogP contribution in [0.1, 0.15) is 30.1 Å². The molecule has 29 heavy (non-hydrogen) atoms. The van der Waals surface area contributed by atoms with Gasteiger partial charge in [-0.25, -0.2) is 13.4 Å². The van der Waals surface area contributed by atoms with Crippen LogP contribution in [0.3, 0.4) is 0 Å². The molecular formula is C18H14ClF3N4O2S. The van der Waals surface area contributed by atoms with Crippen molar-refractivity contribution in [2.45, 2.75) is 29.8 Å². The number of sulfonamides is 1. The zero-order chi connectivity index (χ0) is 20.8. The van der Waals surface area contributed by atoms with Crippen LogP contribution in [0, 0.1) is 0 Å². The van der Waals surface area contributed by atoms with E-state index in [2.05, 4.69) is 19.9 Å². The number of aromatic amines is 1. The minimum Gasteiger partial charge on any atom is -0.279 e. The van der Waals surface area contributed by atoms with Gasteiger partial charge in [0.1, 0.15) is 10.7 Å². The minimum absolute atomic E-state index is 0.127. The van der Waals surface area contributed by atoms with Crippen molar-refractivity contribution in [1.29, 1.82) is 0 Å². The summed E-state index contributed by atoms with van der Waals surface area (Å²) in [6.07, 6.45) is -2.68. The van der Waals surface area contributed by atoms with Gasteiger partial charge in [0, 0.05) is 11.5 Å². The molecular weight excluding hydrogens is 429 g/mol. The third-order valence-electron chi connectivity index (χ3n) is 4.43. The summed E-state index contributed by atoms with van der Waals surface area (Å²) in [7, 11) is -4.40. The number of H-pyrrole nitrogens is 1. The highest BCUT2D eigenvalue weighted by Crippen LogP contribution is 2.39. The molecule has 0 aliphatic heterocycles. The summed E-state index contributed by atoms with van der Waals surface area (Å²) in [5.74, 6) is 1.34. The molecule has 0 bridgehead atoms. The molecule has 152 valence electrons. The van der Waals surface area contributed by atoms with Crippen molar-refractivity contribution in [2.75, 3.05) is 4.72 Å². The molecule has 4 rings (SSSR count). The molecule has 1 aliphatic carbocycles. The number of hydrogen-bond acceptors (Lipinski definition) is 4. The molecule has 1 fully saturated rings. The van der Waals surface area contributed by atoms with E-state index >= 15 is 0 Å². The first kappa shape index (κ1) is 19.7. The second-order valence-electron chi connectivity index (χ2n) is 6.61. The standard InChI is InChI=1S/C18H14ClF3N4O2S/c19-13-8-7-11(18(20,21)22)9-15(13)29(27,28)26-14-4-2-1-3-12(14)17-23-16(24-25-17)10-5-6-10/h1-4,7-10,26H,5-6H2,(H,23,24,25). The summed E-state index contributed by atoms with van der Waals surface area (Å²) in [6, 6.07) is 8.49. The zero-order valence-corrected chi connectivity index (χ0v) is 16.2. The Morgan fingerprint density at radius 3 is 2.55 bits per heavy atom. The van der Waals surface area contributed by atoms with Crippen molar-refractivity contribution in [1.82, 2.24) is 15.2 Å². The number of hydrogen-bond donors (Lipinski definition) is 2. The number of nitrogens with zero attached hydrogens (tertiary/aromatic N) is 2. The highest BCUT2D eigenvalue weighted by molar-refractivity contribution is 7.92. The molecule has 0 saturated heterocycles. The van der Waals surface area contributed by atoms with E-state index in [4.69, 9.17) is 11.6 Å². The Hall–Kier alpha value is -2.59. The van der Waals surface area contributed by atoms with Crippen LogP contribution in [0.5, 0.6) is 0 Å². The monoisotopic (exact) mass is 442 g/mol. The second kappa shape index (κ2) is 7.03. The van der Waals surface area contributed by atoms with Crippen LogP contribution in [0.15, 0.2) is 47.4 Å². The molecule has 1 aliphatic rings. The van der Waals surface area contributed by atoms with Gasteiger partial charge in [0.25, 0.3) is 10.0 Å². The zero-order valence-electron chi connectivity index (χ0n) is 14.7. The highest BCUT2D eigenvalue weighted by Gasteiger charge is 2.33. The summed E-state index contributed by atoms with van der Waals surface area (Å²) >= 11 is 5.88.